The quantitative estimate of drug-likeness (QED) is 0.795. The number of rotatable bonds is 4. The molecule has 2 N–H and O–H groups in total. The zero-order valence-corrected chi connectivity index (χ0v) is 16.3. The van der Waals surface area contributed by atoms with Gasteiger partial charge in [-0.05, 0) is 43.9 Å². The van der Waals surface area contributed by atoms with Crippen molar-refractivity contribution in [2.45, 2.75) is 31.7 Å². The molecule has 1 aliphatic carbocycles. The average Bonchev–Trinajstić information content (AvgIpc) is 3.50. The van der Waals surface area contributed by atoms with Gasteiger partial charge >= 0.3 is 0 Å². The fourth-order valence-corrected chi connectivity index (χ4v) is 4.63. The van der Waals surface area contributed by atoms with Gasteiger partial charge in [0.1, 0.15) is 5.41 Å². The molecular weight excluding hydrogens is 364 g/mol. The van der Waals surface area contributed by atoms with Crippen LogP contribution in [0.1, 0.15) is 25.7 Å². The highest BCUT2D eigenvalue weighted by molar-refractivity contribution is 6.30. The highest BCUT2D eigenvalue weighted by Crippen LogP contribution is 2.47. The van der Waals surface area contributed by atoms with Crippen molar-refractivity contribution in [1.29, 1.82) is 0 Å². The zero-order chi connectivity index (χ0) is 19.0. The number of likely N-dealkylation sites (tertiary alicyclic amines) is 1. The van der Waals surface area contributed by atoms with Gasteiger partial charge in [0.15, 0.2) is 0 Å². The summed E-state index contributed by atoms with van der Waals surface area (Å²) in [6.07, 6.45) is 3.31. The SMILES string of the molecule is NC(=O)C1(C(=O)N2CCC[C@H](N3CCN(c4cccc(Cl)c4)CC3)C2)CC1. The van der Waals surface area contributed by atoms with E-state index in [1.54, 1.807) is 0 Å². The highest BCUT2D eigenvalue weighted by atomic mass is 35.5. The summed E-state index contributed by atoms with van der Waals surface area (Å²) in [5, 5.41) is 0.764. The lowest BCUT2D eigenvalue weighted by Crippen LogP contribution is -2.57. The first kappa shape index (κ1) is 18.6. The van der Waals surface area contributed by atoms with Crippen LogP contribution in [0.15, 0.2) is 24.3 Å². The van der Waals surface area contributed by atoms with Crippen molar-refractivity contribution in [3.8, 4) is 0 Å². The number of hydrogen-bond acceptors (Lipinski definition) is 4. The van der Waals surface area contributed by atoms with Gasteiger partial charge in [0.2, 0.25) is 11.8 Å². The fourth-order valence-electron chi connectivity index (χ4n) is 4.45. The first-order chi connectivity index (χ1) is 13.0. The Balaban J connectivity index is 1.35. The van der Waals surface area contributed by atoms with Gasteiger partial charge in [0, 0.05) is 56.0 Å². The molecule has 2 amide bonds. The molecule has 2 saturated heterocycles. The number of piperidine rings is 1. The Morgan fingerprint density at radius 2 is 1.85 bits per heavy atom. The minimum Gasteiger partial charge on any atom is -0.369 e. The molecule has 0 aromatic heterocycles. The van der Waals surface area contributed by atoms with Crippen LogP contribution >= 0.6 is 11.6 Å². The van der Waals surface area contributed by atoms with E-state index in [-0.39, 0.29) is 5.91 Å². The number of carbonyl (C=O) groups is 2. The molecule has 2 aliphatic heterocycles. The van der Waals surface area contributed by atoms with Gasteiger partial charge in [-0.1, -0.05) is 17.7 Å². The van der Waals surface area contributed by atoms with Crippen LogP contribution in [0.25, 0.3) is 0 Å². The smallest absolute Gasteiger partial charge is 0.238 e. The minimum absolute atomic E-state index is 0.0442. The molecule has 6 nitrogen and oxygen atoms in total. The maximum absolute atomic E-state index is 12.8. The van der Waals surface area contributed by atoms with Crippen LogP contribution in [-0.2, 0) is 9.59 Å². The van der Waals surface area contributed by atoms with Crippen molar-refractivity contribution in [3.63, 3.8) is 0 Å². The second-order valence-corrected chi connectivity index (χ2v) is 8.43. The Kier molecular flexibility index (Phi) is 5.03. The lowest BCUT2D eigenvalue weighted by Gasteiger charge is -2.44. The number of piperazine rings is 1. The van der Waals surface area contributed by atoms with Crippen molar-refractivity contribution in [2.75, 3.05) is 44.2 Å². The molecule has 27 heavy (non-hydrogen) atoms. The normalized spacial score (nSPS) is 25.3. The molecule has 0 unspecified atom stereocenters. The van der Waals surface area contributed by atoms with E-state index >= 15 is 0 Å². The number of anilines is 1. The van der Waals surface area contributed by atoms with Crippen molar-refractivity contribution in [1.82, 2.24) is 9.80 Å². The average molecular weight is 391 g/mol. The molecule has 146 valence electrons. The lowest BCUT2D eigenvalue weighted by molar-refractivity contribution is -0.144. The molecule has 7 heteroatoms. The molecule has 1 aromatic rings. The van der Waals surface area contributed by atoms with E-state index in [1.165, 1.54) is 5.69 Å². The molecule has 1 saturated carbocycles. The second kappa shape index (κ2) is 7.32. The Bertz CT molecular complexity index is 728. The van der Waals surface area contributed by atoms with Crippen molar-refractivity contribution < 1.29 is 9.59 Å². The summed E-state index contributed by atoms with van der Waals surface area (Å²) in [5.41, 5.74) is 5.76. The van der Waals surface area contributed by atoms with Gasteiger partial charge < -0.3 is 15.5 Å². The van der Waals surface area contributed by atoms with Crippen LogP contribution in [0.4, 0.5) is 5.69 Å². The van der Waals surface area contributed by atoms with Crippen LogP contribution in [0.5, 0.6) is 0 Å². The summed E-state index contributed by atoms with van der Waals surface area (Å²) in [4.78, 5) is 31.2. The van der Waals surface area contributed by atoms with Crippen LogP contribution < -0.4 is 10.6 Å². The molecule has 4 rings (SSSR count). The first-order valence-electron chi connectivity index (χ1n) is 9.83. The highest BCUT2D eigenvalue weighted by Gasteiger charge is 2.57. The first-order valence-corrected chi connectivity index (χ1v) is 10.2. The topological polar surface area (TPSA) is 69.9 Å². The van der Waals surface area contributed by atoms with Crippen molar-refractivity contribution in [2.24, 2.45) is 11.1 Å². The van der Waals surface area contributed by atoms with E-state index < -0.39 is 11.3 Å². The number of nitrogens with two attached hydrogens (primary N) is 1. The maximum Gasteiger partial charge on any atom is 0.238 e. The third-order valence-corrected chi connectivity index (χ3v) is 6.55. The number of halogens is 1. The number of amides is 2. The Hall–Kier alpha value is -1.79. The van der Waals surface area contributed by atoms with Crippen LogP contribution in [0.2, 0.25) is 5.02 Å². The third kappa shape index (κ3) is 3.65. The van der Waals surface area contributed by atoms with Crippen LogP contribution in [0.3, 0.4) is 0 Å². The summed E-state index contributed by atoms with van der Waals surface area (Å²) in [7, 11) is 0. The van der Waals surface area contributed by atoms with E-state index in [0.29, 0.717) is 25.4 Å². The van der Waals surface area contributed by atoms with Crippen molar-refractivity contribution in [3.05, 3.63) is 29.3 Å². The predicted molar refractivity (Wildman–Crippen MR) is 106 cm³/mol. The van der Waals surface area contributed by atoms with E-state index in [9.17, 15) is 9.59 Å². The number of nitrogens with zero attached hydrogens (tertiary/aromatic N) is 3. The Morgan fingerprint density at radius 1 is 1.11 bits per heavy atom. The molecule has 3 fully saturated rings. The van der Waals surface area contributed by atoms with Gasteiger partial charge in [0.25, 0.3) is 0 Å². The lowest BCUT2D eigenvalue weighted by atomic mass is 9.98. The predicted octanol–water partition coefficient (Wildman–Crippen LogP) is 1.72. The summed E-state index contributed by atoms with van der Waals surface area (Å²) in [6, 6.07) is 8.36. The third-order valence-electron chi connectivity index (χ3n) is 6.32. The van der Waals surface area contributed by atoms with Crippen LogP contribution in [0, 0.1) is 5.41 Å². The van der Waals surface area contributed by atoms with E-state index in [4.69, 9.17) is 17.3 Å². The number of benzene rings is 1. The van der Waals surface area contributed by atoms with E-state index in [0.717, 1.165) is 50.6 Å². The van der Waals surface area contributed by atoms with Gasteiger partial charge in [-0.15, -0.1) is 0 Å². The van der Waals surface area contributed by atoms with Gasteiger partial charge in [0.05, 0.1) is 0 Å². The fraction of sp³-hybridized carbons (Fsp3) is 0.600. The monoisotopic (exact) mass is 390 g/mol. The summed E-state index contributed by atoms with van der Waals surface area (Å²) >= 11 is 6.12. The second-order valence-electron chi connectivity index (χ2n) is 8.00. The Labute approximate surface area is 165 Å². The number of primary amides is 1. The molecule has 2 heterocycles. The molecule has 3 aliphatic rings. The molecule has 1 aromatic carbocycles. The van der Waals surface area contributed by atoms with Gasteiger partial charge in [-0.3, -0.25) is 14.5 Å². The summed E-state index contributed by atoms with van der Waals surface area (Å²) in [6.45, 7) is 5.31. The standard InChI is InChI=1S/C20H27ClN4O2/c21-15-3-1-4-16(13-15)23-9-11-24(12-10-23)17-5-2-8-25(14-17)19(27)20(6-7-20)18(22)26/h1,3-4,13,17H,2,5-12,14H2,(H2,22,26)/t17-/m0/s1. The zero-order valence-electron chi connectivity index (χ0n) is 15.6. The molecular formula is C20H27ClN4O2. The molecule has 0 radical (unpaired) electrons. The van der Waals surface area contributed by atoms with Gasteiger partial charge in [-0.25, -0.2) is 0 Å². The van der Waals surface area contributed by atoms with Crippen LogP contribution in [-0.4, -0.2) is 66.9 Å². The Morgan fingerprint density at radius 3 is 2.48 bits per heavy atom. The number of hydrogen-bond donors (Lipinski definition) is 1. The summed E-state index contributed by atoms with van der Waals surface area (Å²) < 4.78 is 0. The molecule has 0 bridgehead atoms. The van der Waals surface area contributed by atoms with Crippen molar-refractivity contribution >= 4 is 29.1 Å². The maximum atomic E-state index is 12.8. The van der Waals surface area contributed by atoms with E-state index in [2.05, 4.69) is 15.9 Å². The molecule has 0 spiro atoms. The van der Waals surface area contributed by atoms with Gasteiger partial charge in [-0.2, -0.15) is 0 Å². The molecule has 1 atom stereocenters. The summed E-state index contributed by atoms with van der Waals surface area (Å²) in [5.74, 6) is -0.498. The van der Waals surface area contributed by atoms with E-state index in [1.807, 2.05) is 23.1 Å². The minimum atomic E-state index is -0.896. The largest absolute Gasteiger partial charge is 0.369 e. The number of carbonyl (C=O) groups excluding carboxylic acids is 2.